The zero-order chi connectivity index (χ0) is 24.9. The number of nitrogens with zero attached hydrogens (tertiary/aromatic N) is 4. The predicted octanol–water partition coefficient (Wildman–Crippen LogP) is 4.00. The SMILES string of the molecule is [2H]C[C@H](CO)O[C@H](CO[Si](C)(C)C(C)(C)C)n1cnc2c(NC(=O)c3ccccc3)ncnc21. The minimum atomic E-state index is -2.10. The number of carbonyl (C=O) groups is 1. The van der Waals surface area contributed by atoms with E-state index in [-0.39, 0.29) is 36.9 Å². The second-order valence-corrected chi connectivity index (χ2v) is 14.1. The molecule has 2 N–H and O–H groups in total. The van der Waals surface area contributed by atoms with E-state index in [2.05, 4.69) is 54.1 Å². The summed E-state index contributed by atoms with van der Waals surface area (Å²) in [6.45, 7) is 10.5. The summed E-state index contributed by atoms with van der Waals surface area (Å²) in [5.74, 6) is -0.0281. The molecule has 3 aromatic rings. The van der Waals surface area contributed by atoms with Crippen LogP contribution < -0.4 is 5.32 Å². The van der Waals surface area contributed by atoms with Crippen molar-refractivity contribution in [3.05, 3.63) is 48.5 Å². The molecule has 2 atom stereocenters. The number of hydrogen-bond donors (Lipinski definition) is 2. The van der Waals surface area contributed by atoms with Crippen molar-refractivity contribution in [1.29, 1.82) is 0 Å². The Labute approximate surface area is 196 Å². The van der Waals surface area contributed by atoms with Crippen molar-refractivity contribution in [2.75, 3.05) is 18.5 Å². The maximum Gasteiger partial charge on any atom is 0.256 e. The lowest BCUT2D eigenvalue weighted by molar-refractivity contribution is -0.0846. The Morgan fingerprint density at radius 1 is 1.24 bits per heavy atom. The Kier molecular flexibility index (Phi) is 7.18. The number of fused-ring (bicyclic) bond motifs is 1. The van der Waals surface area contributed by atoms with Gasteiger partial charge in [0.25, 0.3) is 5.91 Å². The van der Waals surface area contributed by atoms with Crippen molar-refractivity contribution in [3.8, 4) is 0 Å². The molecule has 1 amide bonds. The molecule has 0 saturated carbocycles. The van der Waals surface area contributed by atoms with Gasteiger partial charge >= 0.3 is 0 Å². The van der Waals surface area contributed by atoms with Crippen LogP contribution in [0.1, 0.15) is 45.6 Å². The first kappa shape index (κ1) is 23.5. The van der Waals surface area contributed by atoms with Crippen LogP contribution in [0.3, 0.4) is 0 Å². The summed E-state index contributed by atoms with van der Waals surface area (Å²) in [6, 6.07) is 8.83. The maximum absolute atomic E-state index is 12.6. The molecule has 3 rings (SSSR count). The fourth-order valence-electron chi connectivity index (χ4n) is 2.87. The number of aliphatic hydroxyl groups is 1. The van der Waals surface area contributed by atoms with E-state index in [1.165, 1.54) is 6.33 Å². The molecular weight excluding hydrogens is 438 g/mol. The molecule has 2 heterocycles. The monoisotopic (exact) mass is 472 g/mol. The summed E-state index contributed by atoms with van der Waals surface area (Å²) in [4.78, 5) is 25.6. The van der Waals surface area contributed by atoms with Gasteiger partial charge in [-0.25, -0.2) is 15.0 Å². The van der Waals surface area contributed by atoms with Crippen molar-refractivity contribution < 1.29 is 20.4 Å². The van der Waals surface area contributed by atoms with E-state index in [1.807, 2.05) is 6.07 Å². The van der Waals surface area contributed by atoms with Crippen LogP contribution in [0.15, 0.2) is 43.0 Å². The molecule has 0 unspecified atom stereocenters. The number of aliphatic hydroxyl groups excluding tert-OH is 1. The van der Waals surface area contributed by atoms with Crippen molar-refractivity contribution in [2.24, 2.45) is 0 Å². The number of carbonyl (C=O) groups excluding carboxylic acids is 1. The lowest BCUT2D eigenvalue weighted by Gasteiger charge is -2.37. The number of anilines is 1. The number of benzene rings is 1. The third kappa shape index (κ3) is 5.83. The molecule has 0 aliphatic heterocycles. The van der Waals surface area contributed by atoms with E-state index in [4.69, 9.17) is 10.5 Å². The van der Waals surface area contributed by atoms with Crippen LogP contribution in [0.2, 0.25) is 18.1 Å². The van der Waals surface area contributed by atoms with Crippen molar-refractivity contribution in [2.45, 2.75) is 58.1 Å². The van der Waals surface area contributed by atoms with Gasteiger partial charge in [0.05, 0.1) is 25.6 Å². The zero-order valence-corrected chi connectivity index (χ0v) is 20.8. The third-order valence-corrected chi connectivity index (χ3v) is 10.4. The van der Waals surface area contributed by atoms with E-state index < -0.39 is 20.6 Å². The van der Waals surface area contributed by atoms with E-state index in [1.54, 1.807) is 35.2 Å². The van der Waals surface area contributed by atoms with E-state index >= 15 is 0 Å². The van der Waals surface area contributed by atoms with Crippen LogP contribution in [0.4, 0.5) is 5.82 Å². The summed E-state index contributed by atoms with van der Waals surface area (Å²) >= 11 is 0. The van der Waals surface area contributed by atoms with Gasteiger partial charge in [0.2, 0.25) is 0 Å². The molecule has 178 valence electrons. The highest BCUT2D eigenvalue weighted by molar-refractivity contribution is 6.74. The van der Waals surface area contributed by atoms with Gasteiger partial charge < -0.3 is 19.6 Å². The quantitative estimate of drug-likeness (QED) is 0.453. The first-order chi connectivity index (χ1) is 16.1. The first-order valence-electron chi connectivity index (χ1n) is 11.5. The minimum absolute atomic E-state index is 0.00256. The highest BCUT2D eigenvalue weighted by atomic mass is 28.4. The molecule has 2 aromatic heterocycles. The van der Waals surface area contributed by atoms with E-state index in [0.29, 0.717) is 16.7 Å². The average Bonchev–Trinajstić information content (AvgIpc) is 3.24. The highest BCUT2D eigenvalue weighted by Crippen LogP contribution is 2.37. The summed E-state index contributed by atoms with van der Waals surface area (Å²) in [7, 11) is -2.10. The van der Waals surface area contributed by atoms with Gasteiger partial charge in [-0.1, -0.05) is 39.0 Å². The molecule has 0 saturated heterocycles. The number of ether oxygens (including phenoxy) is 1. The maximum atomic E-state index is 12.6. The number of nitrogens with one attached hydrogen (secondary N) is 1. The lowest BCUT2D eigenvalue weighted by atomic mass is 10.2. The van der Waals surface area contributed by atoms with Crippen LogP contribution in [0, 0.1) is 0 Å². The molecule has 0 spiro atoms. The lowest BCUT2D eigenvalue weighted by Crippen LogP contribution is -2.42. The molecule has 0 aliphatic carbocycles. The van der Waals surface area contributed by atoms with Crippen LogP contribution in [0.25, 0.3) is 11.2 Å². The molecule has 0 fully saturated rings. The number of aromatic nitrogens is 4. The zero-order valence-electron chi connectivity index (χ0n) is 20.8. The molecule has 0 aliphatic rings. The van der Waals surface area contributed by atoms with Gasteiger partial charge in [-0.3, -0.25) is 9.36 Å². The van der Waals surface area contributed by atoms with Gasteiger partial charge in [0, 0.05) is 6.93 Å². The minimum Gasteiger partial charge on any atom is -0.412 e. The number of imidazole rings is 1. The molecule has 0 radical (unpaired) electrons. The van der Waals surface area contributed by atoms with Crippen molar-refractivity contribution in [3.63, 3.8) is 0 Å². The Bertz CT molecular complexity index is 1100. The molecular formula is C23H33N5O4Si. The van der Waals surface area contributed by atoms with E-state index in [9.17, 15) is 9.90 Å². The second kappa shape index (κ2) is 10.1. The Morgan fingerprint density at radius 2 is 1.97 bits per heavy atom. The molecule has 33 heavy (non-hydrogen) atoms. The predicted molar refractivity (Wildman–Crippen MR) is 130 cm³/mol. The topological polar surface area (TPSA) is 111 Å². The standard InChI is InChI=1S/C23H33N5O4Si/c1-16(12-29)32-18(13-31-33(5,6)23(2,3)4)28-15-26-19-20(24-14-25-21(19)28)27-22(30)17-10-8-7-9-11-17/h7-11,14-16,18,29H,12-13H2,1-6H3,(H,24,25,27,30)/t16-,18-/m1/s1/i1D. The van der Waals surface area contributed by atoms with Gasteiger partial charge in [-0.05, 0) is 37.2 Å². The molecule has 1 aromatic carbocycles. The van der Waals surface area contributed by atoms with E-state index in [0.717, 1.165) is 0 Å². The summed E-state index contributed by atoms with van der Waals surface area (Å²) < 4.78 is 21.8. The molecule has 10 heteroatoms. The second-order valence-electron chi connectivity index (χ2n) is 9.33. The summed E-state index contributed by atoms with van der Waals surface area (Å²) in [6.07, 6.45) is 1.54. The number of amides is 1. The summed E-state index contributed by atoms with van der Waals surface area (Å²) in [5.41, 5.74) is 1.35. The van der Waals surface area contributed by atoms with Crippen molar-refractivity contribution in [1.82, 2.24) is 19.5 Å². The average molecular weight is 473 g/mol. The van der Waals surface area contributed by atoms with Crippen LogP contribution in [0.5, 0.6) is 0 Å². The van der Waals surface area contributed by atoms with Gasteiger partial charge in [-0.2, -0.15) is 0 Å². The Hall–Kier alpha value is -2.66. The molecule has 0 bridgehead atoms. The fourth-order valence-corrected chi connectivity index (χ4v) is 3.86. The van der Waals surface area contributed by atoms with Crippen LogP contribution in [-0.4, -0.2) is 58.2 Å². The fraction of sp³-hybridized carbons (Fsp3) is 0.478. The normalized spacial score (nSPS) is 14.7. The number of hydrogen-bond acceptors (Lipinski definition) is 7. The largest absolute Gasteiger partial charge is 0.412 e. The smallest absolute Gasteiger partial charge is 0.256 e. The van der Waals surface area contributed by atoms with Gasteiger partial charge in [-0.15, -0.1) is 0 Å². The summed E-state index contributed by atoms with van der Waals surface area (Å²) in [5, 5.41) is 12.4. The highest BCUT2D eigenvalue weighted by Gasteiger charge is 2.38. The van der Waals surface area contributed by atoms with Crippen LogP contribution in [-0.2, 0) is 9.16 Å². The van der Waals surface area contributed by atoms with Crippen LogP contribution >= 0.6 is 0 Å². The Balaban J connectivity index is 1.92. The van der Waals surface area contributed by atoms with Crippen molar-refractivity contribution >= 4 is 31.2 Å². The third-order valence-electron chi connectivity index (χ3n) is 5.88. The first-order valence-corrected chi connectivity index (χ1v) is 13.7. The van der Waals surface area contributed by atoms with Gasteiger partial charge in [0.15, 0.2) is 31.5 Å². The number of rotatable bonds is 9. The van der Waals surface area contributed by atoms with Gasteiger partial charge in [0.1, 0.15) is 6.33 Å². The Morgan fingerprint density at radius 3 is 2.61 bits per heavy atom. The molecule has 9 nitrogen and oxygen atoms in total.